The van der Waals surface area contributed by atoms with E-state index in [0.29, 0.717) is 24.6 Å². The van der Waals surface area contributed by atoms with Crippen LogP contribution in [0.2, 0.25) is 0 Å². The van der Waals surface area contributed by atoms with Gasteiger partial charge in [-0.15, -0.1) is 0 Å². The Bertz CT molecular complexity index is 968. The molecule has 0 fully saturated rings. The maximum absolute atomic E-state index is 11.8. The number of rotatable bonds is 7. The first kappa shape index (κ1) is 17.4. The van der Waals surface area contributed by atoms with E-state index in [9.17, 15) is 4.79 Å². The van der Waals surface area contributed by atoms with Gasteiger partial charge in [-0.25, -0.2) is 0 Å². The van der Waals surface area contributed by atoms with Crippen LogP contribution in [0.1, 0.15) is 16.1 Å². The number of nitrogens with two attached hydrogens (primary N) is 1. The van der Waals surface area contributed by atoms with Crippen molar-refractivity contribution in [1.29, 1.82) is 5.26 Å². The topological polar surface area (TPSA) is 90.3 Å². The van der Waals surface area contributed by atoms with Crippen LogP contribution >= 0.6 is 0 Å². The molecule has 6 nitrogen and oxygen atoms in total. The molecule has 2 aromatic carbocycles. The summed E-state index contributed by atoms with van der Waals surface area (Å²) in [4.78, 5) is 11.8. The maximum atomic E-state index is 11.8. The summed E-state index contributed by atoms with van der Waals surface area (Å²) in [6.45, 7) is 2.82. The fourth-order valence-electron chi connectivity index (χ4n) is 2.77. The standard InChI is InChI=1S/C20H19N3O3/c1-14-2-5-16(6-3-14)26-11-9-23-18-13-17(25-10-8-21)7-4-15(18)12-19(23)20(22)24/h2-7,12-13H,9-11H2,1H3,(H2,22,24). The molecule has 0 spiro atoms. The van der Waals surface area contributed by atoms with Crippen molar-refractivity contribution in [2.45, 2.75) is 13.5 Å². The Morgan fingerprint density at radius 2 is 1.85 bits per heavy atom. The number of amides is 1. The van der Waals surface area contributed by atoms with Crippen LogP contribution in [0.4, 0.5) is 0 Å². The number of hydrogen-bond donors (Lipinski definition) is 1. The molecule has 3 aromatic rings. The lowest BCUT2D eigenvalue weighted by molar-refractivity contribution is 0.0991. The maximum Gasteiger partial charge on any atom is 0.265 e. The summed E-state index contributed by atoms with van der Waals surface area (Å²) in [5.41, 5.74) is 7.90. The molecule has 0 atom stereocenters. The van der Waals surface area contributed by atoms with Gasteiger partial charge in [0.1, 0.15) is 29.9 Å². The Morgan fingerprint density at radius 3 is 2.54 bits per heavy atom. The Balaban J connectivity index is 1.84. The smallest absolute Gasteiger partial charge is 0.265 e. The van der Waals surface area contributed by atoms with Crippen LogP contribution in [0.5, 0.6) is 11.5 Å². The van der Waals surface area contributed by atoms with Crippen LogP contribution in [0.25, 0.3) is 10.9 Å². The Morgan fingerprint density at radius 1 is 1.12 bits per heavy atom. The van der Waals surface area contributed by atoms with Crippen molar-refractivity contribution in [1.82, 2.24) is 4.57 Å². The summed E-state index contributed by atoms with van der Waals surface area (Å²) in [5.74, 6) is 0.829. The molecular formula is C20H19N3O3. The lowest BCUT2D eigenvalue weighted by Gasteiger charge is -2.11. The molecule has 1 heterocycles. The number of benzene rings is 2. The summed E-state index contributed by atoms with van der Waals surface area (Å²) < 4.78 is 12.9. The Labute approximate surface area is 151 Å². The zero-order valence-electron chi connectivity index (χ0n) is 14.4. The molecule has 0 bridgehead atoms. The number of aromatic nitrogens is 1. The highest BCUT2D eigenvalue weighted by Gasteiger charge is 2.14. The van der Waals surface area contributed by atoms with E-state index in [0.717, 1.165) is 22.2 Å². The highest BCUT2D eigenvalue weighted by Crippen LogP contribution is 2.25. The van der Waals surface area contributed by atoms with Gasteiger partial charge < -0.3 is 19.8 Å². The molecule has 132 valence electrons. The molecule has 26 heavy (non-hydrogen) atoms. The van der Waals surface area contributed by atoms with Crippen molar-refractivity contribution < 1.29 is 14.3 Å². The number of carbonyl (C=O) groups is 1. The van der Waals surface area contributed by atoms with Crippen molar-refractivity contribution in [2.24, 2.45) is 5.73 Å². The molecule has 0 unspecified atom stereocenters. The number of nitrogens with zero attached hydrogens (tertiary/aromatic N) is 2. The predicted molar refractivity (Wildman–Crippen MR) is 98.2 cm³/mol. The van der Waals surface area contributed by atoms with E-state index < -0.39 is 5.91 Å². The highest BCUT2D eigenvalue weighted by atomic mass is 16.5. The van der Waals surface area contributed by atoms with Gasteiger partial charge in [-0.1, -0.05) is 17.7 Å². The van der Waals surface area contributed by atoms with Crippen LogP contribution in [0.3, 0.4) is 0 Å². The third-order valence-corrected chi connectivity index (χ3v) is 4.04. The second kappa shape index (κ2) is 7.62. The summed E-state index contributed by atoms with van der Waals surface area (Å²) >= 11 is 0. The second-order valence-electron chi connectivity index (χ2n) is 5.87. The average molecular weight is 349 g/mol. The van der Waals surface area contributed by atoms with Crippen LogP contribution in [0.15, 0.2) is 48.5 Å². The Kier molecular flexibility index (Phi) is 5.09. The van der Waals surface area contributed by atoms with Gasteiger partial charge in [-0.3, -0.25) is 4.79 Å². The van der Waals surface area contributed by atoms with Crippen LogP contribution in [-0.2, 0) is 6.54 Å². The van der Waals surface area contributed by atoms with Crippen molar-refractivity contribution in [3.05, 3.63) is 59.8 Å². The van der Waals surface area contributed by atoms with Crippen molar-refractivity contribution in [3.8, 4) is 17.6 Å². The molecule has 0 radical (unpaired) electrons. The van der Waals surface area contributed by atoms with Gasteiger partial charge in [-0.2, -0.15) is 5.26 Å². The third-order valence-electron chi connectivity index (χ3n) is 4.04. The molecular weight excluding hydrogens is 330 g/mol. The van der Waals surface area contributed by atoms with E-state index >= 15 is 0 Å². The van der Waals surface area contributed by atoms with Gasteiger partial charge >= 0.3 is 0 Å². The van der Waals surface area contributed by atoms with Crippen molar-refractivity contribution in [2.75, 3.05) is 13.2 Å². The molecule has 0 aliphatic rings. The first-order chi connectivity index (χ1) is 12.6. The van der Waals surface area contributed by atoms with Gasteiger partial charge in [0.2, 0.25) is 0 Å². The van der Waals surface area contributed by atoms with Gasteiger partial charge in [0.15, 0.2) is 6.61 Å². The lowest BCUT2D eigenvalue weighted by Crippen LogP contribution is -2.19. The summed E-state index contributed by atoms with van der Waals surface area (Å²) in [5, 5.41) is 9.53. The largest absolute Gasteiger partial charge is 0.492 e. The number of primary amides is 1. The molecule has 1 aromatic heterocycles. The van der Waals surface area contributed by atoms with Gasteiger partial charge in [0.25, 0.3) is 5.91 Å². The van der Waals surface area contributed by atoms with Crippen LogP contribution < -0.4 is 15.2 Å². The number of fused-ring (bicyclic) bond motifs is 1. The first-order valence-corrected chi connectivity index (χ1v) is 8.21. The minimum atomic E-state index is -0.504. The molecule has 0 saturated carbocycles. The first-order valence-electron chi connectivity index (χ1n) is 8.21. The average Bonchev–Trinajstić information content (AvgIpc) is 3.00. The quantitative estimate of drug-likeness (QED) is 0.710. The van der Waals surface area contributed by atoms with Gasteiger partial charge in [0.05, 0.1) is 12.1 Å². The van der Waals surface area contributed by atoms with Crippen LogP contribution in [-0.4, -0.2) is 23.7 Å². The molecule has 3 rings (SSSR count). The molecule has 1 amide bonds. The number of ether oxygens (including phenoxy) is 2. The van der Waals surface area contributed by atoms with E-state index in [1.54, 1.807) is 18.2 Å². The Hall–Kier alpha value is -3.46. The summed E-state index contributed by atoms with van der Waals surface area (Å²) in [7, 11) is 0. The summed E-state index contributed by atoms with van der Waals surface area (Å²) in [6, 6.07) is 16.9. The molecule has 0 aliphatic heterocycles. The summed E-state index contributed by atoms with van der Waals surface area (Å²) in [6.07, 6.45) is 0. The highest BCUT2D eigenvalue weighted by molar-refractivity contribution is 5.98. The molecule has 2 N–H and O–H groups in total. The second-order valence-corrected chi connectivity index (χ2v) is 5.87. The van der Waals surface area contributed by atoms with E-state index in [1.807, 2.05) is 47.9 Å². The van der Waals surface area contributed by atoms with E-state index in [1.165, 1.54) is 0 Å². The number of aryl methyl sites for hydroxylation is 1. The van der Waals surface area contributed by atoms with E-state index in [-0.39, 0.29) is 6.61 Å². The van der Waals surface area contributed by atoms with Gasteiger partial charge in [-0.05, 0) is 37.3 Å². The molecule has 0 aliphatic carbocycles. The SMILES string of the molecule is Cc1ccc(OCCn2c(C(N)=O)cc3ccc(OCC#N)cc32)cc1. The zero-order chi connectivity index (χ0) is 18.5. The zero-order valence-corrected chi connectivity index (χ0v) is 14.4. The minimum absolute atomic E-state index is 0.0363. The van der Waals surface area contributed by atoms with Gasteiger partial charge in [0, 0.05) is 11.5 Å². The minimum Gasteiger partial charge on any atom is -0.492 e. The van der Waals surface area contributed by atoms with Crippen molar-refractivity contribution in [3.63, 3.8) is 0 Å². The number of nitriles is 1. The third kappa shape index (κ3) is 3.78. The fraction of sp³-hybridized carbons (Fsp3) is 0.200. The molecule has 0 saturated heterocycles. The normalized spacial score (nSPS) is 10.5. The van der Waals surface area contributed by atoms with E-state index in [2.05, 4.69) is 0 Å². The predicted octanol–water partition coefficient (Wildman–Crippen LogP) is 3.03. The van der Waals surface area contributed by atoms with Crippen LogP contribution in [0, 0.1) is 18.3 Å². The molecule has 6 heteroatoms. The fourth-order valence-corrected chi connectivity index (χ4v) is 2.77. The number of hydrogen-bond acceptors (Lipinski definition) is 4. The van der Waals surface area contributed by atoms with Crippen molar-refractivity contribution >= 4 is 16.8 Å². The lowest BCUT2D eigenvalue weighted by atomic mass is 10.2. The number of carbonyl (C=O) groups excluding carboxylic acids is 1. The van der Waals surface area contributed by atoms with E-state index in [4.69, 9.17) is 20.5 Å². The monoisotopic (exact) mass is 349 g/mol.